The Morgan fingerprint density at radius 1 is 0.648 bits per heavy atom. The second-order valence-electron chi connectivity index (χ2n) is 14.2. The average molecular weight is 880 g/mol. The third-order valence-electron chi connectivity index (χ3n) is 9.66. The van der Waals surface area contributed by atoms with Crippen LogP contribution in [-0.2, 0) is 26.5 Å². The number of imidazole rings is 1. The molecule has 0 aliphatic heterocycles. The molecule has 0 spiro atoms. The van der Waals surface area contributed by atoms with Crippen LogP contribution in [0.15, 0.2) is 164 Å². The molecule has 0 saturated heterocycles. The van der Waals surface area contributed by atoms with Crippen LogP contribution in [0.3, 0.4) is 0 Å². The monoisotopic (exact) mass is 879 g/mol. The van der Waals surface area contributed by atoms with Gasteiger partial charge in [0, 0.05) is 56.7 Å². The number of benzene rings is 6. The Labute approximate surface area is 330 Å². The van der Waals surface area contributed by atoms with Gasteiger partial charge in [0.15, 0.2) is 0 Å². The molecule has 0 fully saturated rings. The first-order valence-electron chi connectivity index (χ1n) is 17.8. The molecule has 3 heterocycles. The molecule has 0 bridgehead atoms. The molecule has 54 heavy (non-hydrogen) atoms. The van der Waals surface area contributed by atoms with Crippen molar-refractivity contribution in [3.63, 3.8) is 0 Å². The van der Waals surface area contributed by atoms with Crippen molar-refractivity contribution in [3.05, 3.63) is 188 Å². The van der Waals surface area contributed by atoms with E-state index < -0.39 is 0 Å². The van der Waals surface area contributed by atoms with Crippen LogP contribution in [0.5, 0.6) is 11.5 Å². The number of ether oxygens (including phenoxy) is 1. The molecule has 0 amide bonds. The number of nitrogens with zero attached hydrogens (tertiary/aromatic N) is 4. The third-order valence-corrected chi connectivity index (χ3v) is 9.66. The summed E-state index contributed by atoms with van der Waals surface area (Å²) in [7, 11) is 0. The van der Waals surface area contributed by atoms with Crippen LogP contribution in [0, 0.1) is 18.5 Å². The first kappa shape index (κ1) is 35.0. The Hall–Kier alpha value is -6.03. The standard InChI is InChI=1S/C48H36N4O.Pt/c1-48(2,3)36-25-26-49-47(29-36)52-45-20-11-10-19-42(45)43-24-22-40(32-46(43)52)53-39-18-12-17-37(30-39)50-27-28-51(33-50)38-21-23-41(34-13-6-4-7-14-34)44(31-38)35-15-8-5-9-16-35;/h4-29,31H,1-3H3;/q-2;. The number of rotatable bonds is 7. The Kier molecular flexibility index (Phi) is 9.35. The van der Waals surface area contributed by atoms with E-state index in [2.05, 4.69) is 153 Å². The van der Waals surface area contributed by atoms with E-state index in [1.165, 1.54) is 16.7 Å². The van der Waals surface area contributed by atoms with Crippen molar-refractivity contribution in [2.45, 2.75) is 26.2 Å². The molecule has 0 aliphatic carbocycles. The SMILES string of the molecule is CC(C)(C)c1ccnc(-n2c3[c-]c(Oc4[c-]c(-n5[c-][n+](-c6ccc(-c7ccccc7)c(-c7ccccc7)c6)cc5)ccc4)ccc3c3ccccc32)c1.[Pt]. The van der Waals surface area contributed by atoms with E-state index in [0.29, 0.717) is 11.5 Å². The maximum Gasteiger partial charge on any atom is 0.267 e. The molecular formula is C48H36N4OPt-2. The van der Waals surface area contributed by atoms with Gasteiger partial charge in [-0.25, -0.2) is 4.98 Å². The quantitative estimate of drug-likeness (QED) is 0.118. The fourth-order valence-corrected chi connectivity index (χ4v) is 6.94. The molecule has 0 N–H and O–H groups in total. The number of pyridine rings is 1. The molecule has 9 rings (SSSR count). The summed E-state index contributed by atoms with van der Waals surface area (Å²) in [5.41, 5.74) is 9.70. The normalized spacial score (nSPS) is 11.5. The molecule has 0 unspecified atom stereocenters. The summed E-state index contributed by atoms with van der Waals surface area (Å²) < 4.78 is 12.6. The van der Waals surface area contributed by atoms with Gasteiger partial charge in [0.2, 0.25) is 0 Å². The number of hydrogen-bond acceptors (Lipinski definition) is 2. The van der Waals surface area contributed by atoms with Gasteiger partial charge in [0.25, 0.3) is 6.33 Å². The summed E-state index contributed by atoms with van der Waals surface area (Å²) >= 11 is 0. The second-order valence-corrected chi connectivity index (χ2v) is 14.2. The van der Waals surface area contributed by atoms with E-state index in [1.54, 1.807) is 0 Å². The molecule has 0 aliphatic rings. The van der Waals surface area contributed by atoms with Crippen molar-refractivity contribution < 1.29 is 30.4 Å². The zero-order valence-corrected chi connectivity index (χ0v) is 32.4. The van der Waals surface area contributed by atoms with Gasteiger partial charge in [-0.1, -0.05) is 111 Å². The number of aromatic nitrogens is 4. The molecule has 6 aromatic carbocycles. The first-order valence-corrected chi connectivity index (χ1v) is 17.8. The van der Waals surface area contributed by atoms with Crippen LogP contribution in [-0.4, -0.2) is 14.1 Å². The molecule has 6 heteroatoms. The fourth-order valence-electron chi connectivity index (χ4n) is 6.94. The second kappa shape index (κ2) is 14.4. The van der Waals surface area contributed by atoms with Gasteiger partial charge in [-0.15, -0.1) is 29.7 Å². The minimum Gasteiger partial charge on any atom is -0.510 e. The molecule has 9 aromatic rings. The van der Waals surface area contributed by atoms with E-state index >= 15 is 0 Å². The van der Waals surface area contributed by atoms with E-state index in [4.69, 9.17) is 9.72 Å². The Bertz CT molecular complexity index is 2740. The molecule has 5 nitrogen and oxygen atoms in total. The average Bonchev–Trinajstić information content (AvgIpc) is 3.82. The van der Waals surface area contributed by atoms with Gasteiger partial charge in [0.1, 0.15) is 5.82 Å². The van der Waals surface area contributed by atoms with Crippen LogP contribution in [0.4, 0.5) is 0 Å². The topological polar surface area (TPSA) is 35.9 Å². The van der Waals surface area contributed by atoms with E-state index in [0.717, 1.165) is 50.1 Å². The molecule has 0 saturated carbocycles. The summed E-state index contributed by atoms with van der Waals surface area (Å²) in [6.07, 6.45) is 9.37. The van der Waals surface area contributed by atoms with E-state index in [1.807, 2.05) is 64.1 Å². The van der Waals surface area contributed by atoms with Crippen LogP contribution in [0.25, 0.3) is 61.3 Å². The van der Waals surface area contributed by atoms with E-state index in [-0.39, 0.29) is 26.5 Å². The minimum absolute atomic E-state index is 0. The van der Waals surface area contributed by atoms with E-state index in [9.17, 15) is 0 Å². The van der Waals surface area contributed by atoms with Crippen molar-refractivity contribution in [1.82, 2.24) is 14.1 Å². The molecule has 3 aromatic heterocycles. The predicted molar refractivity (Wildman–Crippen MR) is 212 cm³/mol. The van der Waals surface area contributed by atoms with Crippen molar-refractivity contribution in [3.8, 4) is 50.9 Å². The largest absolute Gasteiger partial charge is 0.510 e. The maximum absolute atomic E-state index is 6.45. The summed E-state index contributed by atoms with van der Waals surface area (Å²) in [5, 5.41) is 2.23. The van der Waals surface area contributed by atoms with Crippen molar-refractivity contribution in [1.29, 1.82) is 0 Å². The maximum atomic E-state index is 6.45. The van der Waals surface area contributed by atoms with Crippen LogP contribution in [0.2, 0.25) is 0 Å². The zero-order valence-electron chi connectivity index (χ0n) is 30.1. The van der Waals surface area contributed by atoms with Gasteiger partial charge in [-0.2, -0.15) is 18.2 Å². The van der Waals surface area contributed by atoms with Gasteiger partial charge in [0.05, 0.1) is 5.69 Å². The van der Waals surface area contributed by atoms with Crippen molar-refractivity contribution >= 4 is 21.8 Å². The van der Waals surface area contributed by atoms with Gasteiger partial charge >= 0.3 is 0 Å². The Morgan fingerprint density at radius 3 is 2.15 bits per heavy atom. The molecular weight excluding hydrogens is 844 g/mol. The van der Waals surface area contributed by atoms with Crippen LogP contribution < -0.4 is 9.30 Å². The smallest absolute Gasteiger partial charge is 0.267 e. The Morgan fingerprint density at radius 2 is 1.37 bits per heavy atom. The van der Waals surface area contributed by atoms with Crippen LogP contribution >= 0.6 is 0 Å². The zero-order chi connectivity index (χ0) is 35.9. The number of para-hydroxylation sites is 1. The molecule has 266 valence electrons. The molecule has 0 radical (unpaired) electrons. The van der Waals surface area contributed by atoms with Gasteiger partial charge < -0.3 is 13.9 Å². The van der Waals surface area contributed by atoms with Gasteiger partial charge in [-0.05, 0) is 74.6 Å². The number of hydrogen-bond donors (Lipinski definition) is 0. The van der Waals surface area contributed by atoms with Gasteiger partial charge in [-0.3, -0.25) is 4.57 Å². The minimum atomic E-state index is -0.0101. The van der Waals surface area contributed by atoms with Crippen LogP contribution in [0.1, 0.15) is 26.3 Å². The first-order chi connectivity index (χ1) is 25.9. The summed E-state index contributed by atoms with van der Waals surface area (Å²) in [6.45, 7) is 6.66. The fraction of sp³-hybridized carbons (Fsp3) is 0.0833. The predicted octanol–water partition coefficient (Wildman–Crippen LogP) is 11.1. The molecule has 0 atom stereocenters. The summed E-state index contributed by atoms with van der Waals surface area (Å²) in [6, 6.07) is 57.2. The van der Waals surface area contributed by atoms with Crippen molar-refractivity contribution in [2.75, 3.05) is 0 Å². The number of fused-ring (bicyclic) bond motifs is 3. The summed E-state index contributed by atoms with van der Waals surface area (Å²) in [4.78, 5) is 4.80. The third kappa shape index (κ3) is 6.68. The Balaban J connectivity index is 0.00000413. The van der Waals surface area contributed by atoms with Crippen molar-refractivity contribution in [2.24, 2.45) is 0 Å². The summed E-state index contributed by atoms with van der Waals surface area (Å²) in [5.74, 6) is 2.04.